The molecule has 0 aliphatic carbocycles. The predicted molar refractivity (Wildman–Crippen MR) is 250 cm³/mol. The molecule has 0 fully saturated rings. The fourth-order valence-corrected chi connectivity index (χ4v) is 15.8. The highest BCUT2D eigenvalue weighted by Gasteiger charge is 2.46. The standard InChI is InChI=1S/C50H77IO2P/c1-6-8-10-12-18-22-30-41-52-50(53-42-31-23-19-13-11-9-7-2)40-25-21-17-15-14-16-20-24-35-46-36-32-39-49(45(46)5)54(51,47-37-28-26-33-43(47)3)48-38-29-27-34-44(48)4/h14,16,26-29,32-34,36-39,50H,6-13,15,17-25,30-31,35,40-42H2,1-5H3/q+1/b16-14-. The highest BCUT2D eigenvalue weighted by molar-refractivity contribution is 14.2. The lowest BCUT2D eigenvalue weighted by Gasteiger charge is -2.25. The van der Waals surface area contributed by atoms with E-state index in [9.17, 15) is 0 Å². The molecule has 0 atom stereocenters. The van der Waals surface area contributed by atoms with Crippen molar-refractivity contribution in [1.82, 2.24) is 0 Å². The number of aryl methyl sites for hydroxylation is 3. The van der Waals surface area contributed by atoms with Crippen LogP contribution in [0.4, 0.5) is 0 Å². The summed E-state index contributed by atoms with van der Waals surface area (Å²) in [7, 11) is 0. The molecule has 0 aliphatic rings. The van der Waals surface area contributed by atoms with Gasteiger partial charge in [-0.1, -0.05) is 158 Å². The van der Waals surface area contributed by atoms with E-state index in [1.807, 2.05) is 0 Å². The summed E-state index contributed by atoms with van der Waals surface area (Å²) in [5, 5.41) is 4.50. The largest absolute Gasteiger partial charge is 0.353 e. The third-order valence-corrected chi connectivity index (χ3v) is 19.2. The molecular formula is C50H77IO2P+. The second-order valence-electron chi connectivity index (χ2n) is 15.6. The summed E-state index contributed by atoms with van der Waals surface area (Å²) < 4.78 is 12.6. The van der Waals surface area contributed by atoms with Crippen molar-refractivity contribution in [2.45, 2.75) is 182 Å². The van der Waals surface area contributed by atoms with Crippen molar-refractivity contribution in [2.24, 2.45) is 0 Å². The monoisotopic (exact) mass is 867 g/mol. The number of benzene rings is 3. The third kappa shape index (κ3) is 16.9. The molecule has 4 heteroatoms. The maximum Gasteiger partial charge on any atom is 0.173 e. The van der Waals surface area contributed by atoms with Gasteiger partial charge in [0.2, 0.25) is 0 Å². The second kappa shape index (κ2) is 28.8. The first-order chi connectivity index (χ1) is 26.4. The van der Waals surface area contributed by atoms with Crippen LogP contribution in [0.15, 0.2) is 78.9 Å². The summed E-state index contributed by atoms with van der Waals surface area (Å²) in [5.74, 6) is 0. The maximum absolute atomic E-state index is 6.29. The lowest BCUT2D eigenvalue weighted by molar-refractivity contribution is -0.148. The van der Waals surface area contributed by atoms with E-state index in [-0.39, 0.29) is 6.29 Å². The normalized spacial score (nSPS) is 12.1. The predicted octanol–water partition coefficient (Wildman–Crippen LogP) is 14.9. The first-order valence-corrected chi connectivity index (χ1v) is 26.7. The van der Waals surface area contributed by atoms with Gasteiger partial charge in [-0.05, 0) is 119 Å². The maximum atomic E-state index is 6.29. The Morgan fingerprint density at radius 2 is 0.981 bits per heavy atom. The lowest BCUT2D eigenvalue weighted by Crippen LogP contribution is -2.31. The molecule has 0 radical (unpaired) electrons. The van der Waals surface area contributed by atoms with E-state index >= 15 is 0 Å². The SMILES string of the molecule is CCCCCCCCCOC(CCCCC/C=C\CCCc1cccc([P+](I)(c2ccccc2C)c2ccccc2C)c1C)OCCCCCCCCC. The fourth-order valence-electron chi connectivity index (χ4n) is 7.64. The topological polar surface area (TPSA) is 18.5 Å². The fraction of sp³-hybridized carbons (Fsp3) is 0.600. The number of allylic oxidation sites excluding steroid dienone is 2. The smallest absolute Gasteiger partial charge is 0.173 e. The van der Waals surface area contributed by atoms with E-state index in [1.54, 1.807) is 0 Å². The Bertz CT molecular complexity index is 1370. The first kappa shape index (κ1) is 46.9. The summed E-state index contributed by atoms with van der Waals surface area (Å²) in [6.07, 6.45) is 32.7. The van der Waals surface area contributed by atoms with E-state index in [1.165, 1.54) is 160 Å². The molecule has 0 saturated carbocycles. The summed E-state index contributed by atoms with van der Waals surface area (Å²) in [4.78, 5) is -1.82. The number of halogens is 1. The van der Waals surface area contributed by atoms with Crippen LogP contribution in [-0.2, 0) is 15.9 Å². The highest BCUT2D eigenvalue weighted by Crippen LogP contribution is 2.65. The molecule has 3 aromatic carbocycles. The molecule has 300 valence electrons. The molecular weight excluding hydrogens is 790 g/mol. The average molecular weight is 868 g/mol. The molecule has 0 aliphatic heterocycles. The van der Waals surface area contributed by atoms with Gasteiger partial charge in [-0.2, -0.15) is 0 Å². The van der Waals surface area contributed by atoms with Gasteiger partial charge in [0.05, 0.1) is 0 Å². The quantitative estimate of drug-likeness (QED) is 0.0211. The number of unbranched alkanes of at least 4 members (excludes halogenated alkanes) is 16. The molecule has 0 heterocycles. The van der Waals surface area contributed by atoms with E-state index < -0.39 is 4.90 Å². The van der Waals surface area contributed by atoms with Crippen LogP contribution in [0.2, 0.25) is 0 Å². The van der Waals surface area contributed by atoms with Crippen molar-refractivity contribution in [1.29, 1.82) is 0 Å². The Labute approximate surface area is 346 Å². The van der Waals surface area contributed by atoms with Crippen molar-refractivity contribution < 1.29 is 9.47 Å². The van der Waals surface area contributed by atoms with Gasteiger partial charge in [0.1, 0.15) is 15.9 Å². The van der Waals surface area contributed by atoms with Crippen LogP contribution in [0.5, 0.6) is 0 Å². The summed E-state index contributed by atoms with van der Waals surface area (Å²) >= 11 is 2.85. The van der Waals surface area contributed by atoms with Gasteiger partial charge in [0.15, 0.2) is 33.2 Å². The van der Waals surface area contributed by atoms with Crippen LogP contribution < -0.4 is 15.9 Å². The van der Waals surface area contributed by atoms with Crippen LogP contribution in [0.25, 0.3) is 0 Å². The molecule has 0 N–H and O–H groups in total. The van der Waals surface area contributed by atoms with Gasteiger partial charge in [-0.3, -0.25) is 0 Å². The van der Waals surface area contributed by atoms with Crippen molar-refractivity contribution >= 4 is 42.9 Å². The minimum absolute atomic E-state index is 0.0180. The summed E-state index contributed by atoms with van der Waals surface area (Å²) in [5.41, 5.74) is 5.75. The number of hydrogen-bond acceptors (Lipinski definition) is 2. The van der Waals surface area contributed by atoms with Crippen LogP contribution in [0, 0.1) is 20.8 Å². The van der Waals surface area contributed by atoms with E-state index in [0.29, 0.717) is 0 Å². The van der Waals surface area contributed by atoms with Gasteiger partial charge in [0.25, 0.3) is 0 Å². The van der Waals surface area contributed by atoms with Crippen LogP contribution in [0.3, 0.4) is 0 Å². The Hall–Kier alpha value is -1.52. The second-order valence-corrected chi connectivity index (χ2v) is 22.6. The van der Waals surface area contributed by atoms with E-state index in [2.05, 4.69) is 136 Å². The number of rotatable bonds is 31. The van der Waals surface area contributed by atoms with Crippen molar-refractivity contribution in [3.8, 4) is 0 Å². The molecule has 0 saturated heterocycles. The third-order valence-electron chi connectivity index (χ3n) is 11.0. The molecule has 0 bridgehead atoms. The Balaban J connectivity index is 1.42. The zero-order valence-corrected chi connectivity index (χ0v) is 38.2. The van der Waals surface area contributed by atoms with E-state index in [4.69, 9.17) is 9.47 Å². The van der Waals surface area contributed by atoms with Crippen molar-refractivity contribution in [3.63, 3.8) is 0 Å². The van der Waals surface area contributed by atoms with Crippen molar-refractivity contribution in [2.75, 3.05) is 13.2 Å². The van der Waals surface area contributed by atoms with Crippen molar-refractivity contribution in [3.05, 3.63) is 101 Å². The minimum Gasteiger partial charge on any atom is -0.353 e. The average Bonchev–Trinajstić information content (AvgIpc) is 3.18. The van der Waals surface area contributed by atoms with E-state index in [0.717, 1.165) is 32.5 Å². The van der Waals surface area contributed by atoms with Crippen LogP contribution >= 0.6 is 26.9 Å². The highest BCUT2D eigenvalue weighted by atomic mass is 127. The Morgan fingerprint density at radius 1 is 0.519 bits per heavy atom. The lowest BCUT2D eigenvalue weighted by atomic mass is 10.0. The molecule has 0 aromatic heterocycles. The molecule has 54 heavy (non-hydrogen) atoms. The Morgan fingerprint density at radius 3 is 1.52 bits per heavy atom. The van der Waals surface area contributed by atoms with Gasteiger partial charge >= 0.3 is 0 Å². The van der Waals surface area contributed by atoms with Crippen LogP contribution in [0.1, 0.15) is 171 Å². The molecule has 3 rings (SSSR count). The minimum atomic E-state index is -1.82. The molecule has 3 aromatic rings. The van der Waals surface area contributed by atoms with Crippen LogP contribution in [-0.4, -0.2) is 19.5 Å². The number of ether oxygens (including phenoxy) is 2. The summed E-state index contributed by atoms with van der Waals surface area (Å²) in [6.45, 7) is 13.2. The van der Waals surface area contributed by atoms with Gasteiger partial charge in [0, 0.05) is 13.2 Å². The van der Waals surface area contributed by atoms with Gasteiger partial charge < -0.3 is 9.47 Å². The summed E-state index contributed by atoms with van der Waals surface area (Å²) in [6, 6.07) is 25.2. The first-order valence-electron chi connectivity index (χ1n) is 22.1. The molecule has 0 unspecified atom stereocenters. The molecule has 0 amide bonds. The Kier molecular flexibility index (Phi) is 25.0. The molecule has 2 nitrogen and oxygen atoms in total. The van der Waals surface area contributed by atoms with Gasteiger partial charge in [-0.15, -0.1) is 0 Å². The zero-order chi connectivity index (χ0) is 38.7. The van der Waals surface area contributed by atoms with Gasteiger partial charge in [-0.25, -0.2) is 0 Å². The number of hydrogen-bond donors (Lipinski definition) is 0. The molecule has 0 spiro atoms. The zero-order valence-electron chi connectivity index (χ0n) is 35.2.